The first-order valence-electron chi connectivity index (χ1n) is 11.3. The molecule has 8 nitrogen and oxygen atoms in total. The quantitative estimate of drug-likeness (QED) is 0.553. The zero-order chi connectivity index (χ0) is 24.5. The first kappa shape index (κ1) is 22.5. The number of aliphatic carboxylic acids is 1. The summed E-state index contributed by atoms with van der Waals surface area (Å²) >= 11 is 0. The third-order valence-corrected chi connectivity index (χ3v) is 6.60. The number of carboxylic acid groups (broad SMARTS) is 1. The summed E-state index contributed by atoms with van der Waals surface area (Å²) in [6, 6.07) is 19.9. The number of benzene rings is 3. The van der Waals surface area contributed by atoms with E-state index in [1.807, 2.05) is 36.4 Å². The fourth-order valence-corrected chi connectivity index (χ4v) is 4.72. The molecule has 1 unspecified atom stereocenters. The molecule has 0 saturated carbocycles. The van der Waals surface area contributed by atoms with E-state index in [1.165, 1.54) is 18.1 Å². The van der Waals surface area contributed by atoms with E-state index in [4.69, 9.17) is 9.47 Å². The number of methoxy groups -OCH3 is 1. The monoisotopic (exact) mass is 472 g/mol. The number of nitrogens with one attached hydrogen (secondary N) is 1. The molecule has 178 valence electrons. The van der Waals surface area contributed by atoms with Crippen molar-refractivity contribution in [2.45, 2.75) is 18.4 Å². The second kappa shape index (κ2) is 9.13. The molecule has 0 spiro atoms. The van der Waals surface area contributed by atoms with Gasteiger partial charge in [-0.15, -0.1) is 0 Å². The average molecular weight is 472 g/mol. The highest BCUT2D eigenvalue weighted by Crippen LogP contribution is 2.44. The summed E-state index contributed by atoms with van der Waals surface area (Å²) in [7, 11) is 1.46. The van der Waals surface area contributed by atoms with Gasteiger partial charge in [0, 0.05) is 12.5 Å². The molecule has 1 aliphatic heterocycles. The summed E-state index contributed by atoms with van der Waals surface area (Å²) in [6.45, 7) is 0.462. The molecule has 5 rings (SSSR count). The summed E-state index contributed by atoms with van der Waals surface area (Å²) in [5.41, 5.74) is 4.82. The number of carboxylic acids is 1. The number of amides is 2. The second-order valence-electron chi connectivity index (χ2n) is 8.50. The predicted molar refractivity (Wildman–Crippen MR) is 129 cm³/mol. The van der Waals surface area contributed by atoms with Crippen molar-refractivity contribution in [3.8, 4) is 16.9 Å². The lowest BCUT2D eigenvalue weighted by Gasteiger charge is -2.38. The number of rotatable bonds is 6. The van der Waals surface area contributed by atoms with Crippen molar-refractivity contribution in [2.75, 3.05) is 25.6 Å². The molecule has 0 aromatic heterocycles. The molecule has 1 aliphatic carbocycles. The predicted octanol–water partition coefficient (Wildman–Crippen LogP) is 4.36. The van der Waals surface area contributed by atoms with Crippen molar-refractivity contribution in [2.24, 2.45) is 0 Å². The molecular weight excluding hydrogens is 448 g/mol. The van der Waals surface area contributed by atoms with Gasteiger partial charge in [0.25, 0.3) is 5.91 Å². The minimum Gasteiger partial charge on any atom is -0.497 e. The van der Waals surface area contributed by atoms with Crippen molar-refractivity contribution < 1.29 is 29.0 Å². The highest BCUT2D eigenvalue weighted by Gasteiger charge is 2.39. The summed E-state index contributed by atoms with van der Waals surface area (Å²) in [6.07, 6.45) is -0.315. The van der Waals surface area contributed by atoms with E-state index in [0.29, 0.717) is 18.7 Å². The van der Waals surface area contributed by atoms with Gasteiger partial charge in [-0.1, -0.05) is 48.5 Å². The average Bonchev–Trinajstić information content (AvgIpc) is 3.15. The minimum absolute atomic E-state index is 0.0949. The zero-order valence-electron chi connectivity index (χ0n) is 19.1. The van der Waals surface area contributed by atoms with Gasteiger partial charge in [-0.05, 0) is 46.9 Å². The van der Waals surface area contributed by atoms with Crippen LogP contribution >= 0.6 is 0 Å². The molecule has 2 N–H and O–H groups in total. The molecular formula is C27H24N2O6. The van der Waals surface area contributed by atoms with E-state index in [-0.39, 0.29) is 23.8 Å². The van der Waals surface area contributed by atoms with E-state index in [1.54, 1.807) is 12.1 Å². The van der Waals surface area contributed by atoms with Crippen LogP contribution in [0.4, 0.5) is 10.5 Å². The third kappa shape index (κ3) is 4.07. The SMILES string of the molecule is COc1ccc(NC(=O)OCC2c3ccccc3-c3ccccc32)c(C(=O)N2CCC2C(=O)O)c1. The van der Waals surface area contributed by atoms with E-state index >= 15 is 0 Å². The summed E-state index contributed by atoms with van der Waals surface area (Å²) in [5, 5.41) is 12.0. The van der Waals surface area contributed by atoms with Crippen LogP contribution in [0, 0.1) is 0 Å². The van der Waals surface area contributed by atoms with Crippen LogP contribution in [0.5, 0.6) is 5.75 Å². The van der Waals surface area contributed by atoms with E-state index < -0.39 is 24.0 Å². The fourth-order valence-electron chi connectivity index (χ4n) is 4.72. The molecule has 2 aliphatic rings. The molecule has 1 atom stereocenters. The second-order valence-corrected chi connectivity index (χ2v) is 8.50. The van der Waals surface area contributed by atoms with E-state index in [9.17, 15) is 19.5 Å². The highest BCUT2D eigenvalue weighted by atomic mass is 16.5. The van der Waals surface area contributed by atoms with Gasteiger partial charge < -0.3 is 19.5 Å². The lowest BCUT2D eigenvalue weighted by atomic mass is 9.98. The molecule has 1 fully saturated rings. The molecule has 3 aromatic rings. The Morgan fingerprint density at radius 2 is 1.66 bits per heavy atom. The van der Waals surface area contributed by atoms with Crippen LogP contribution in [0.3, 0.4) is 0 Å². The largest absolute Gasteiger partial charge is 0.497 e. The molecule has 8 heteroatoms. The highest BCUT2D eigenvalue weighted by molar-refractivity contribution is 6.04. The van der Waals surface area contributed by atoms with Gasteiger partial charge in [-0.2, -0.15) is 0 Å². The number of ether oxygens (including phenoxy) is 2. The summed E-state index contributed by atoms with van der Waals surface area (Å²) in [4.78, 5) is 38.5. The minimum atomic E-state index is -1.06. The Hall–Kier alpha value is -4.33. The number of fused-ring (bicyclic) bond motifs is 3. The van der Waals surface area contributed by atoms with Crippen LogP contribution in [0.2, 0.25) is 0 Å². The Morgan fingerprint density at radius 1 is 1.00 bits per heavy atom. The van der Waals surface area contributed by atoms with Crippen molar-refractivity contribution >= 4 is 23.7 Å². The number of likely N-dealkylation sites (tertiary alicyclic amines) is 1. The molecule has 0 radical (unpaired) electrons. The lowest BCUT2D eigenvalue weighted by Crippen LogP contribution is -2.55. The molecule has 1 saturated heterocycles. The third-order valence-electron chi connectivity index (χ3n) is 6.60. The number of anilines is 1. The first-order valence-corrected chi connectivity index (χ1v) is 11.3. The van der Waals surface area contributed by atoms with Gasteiger partial charge in [0.2, 0.25) is 0 Å². The molecule has 3 aromatic carbocycles. The van der Waals surface area contributed by atoms with Crippen molar-refractivity contribution in [1.29, 1.82) is 0 Å². The normalized spacial score (nSPS) is 16.0. The number of hydrogen-bond acceptors (Lipinski definition) is 5. The van der Waals surface area contributed by atoms with Gasteiger partial charge in [-0.3, -0.25) is 10.1 Å². The van der Waals surface area contributed by atoms with E-state index in [0.717, 1.165) is 22.3 Å². The van der Waals surface area contributed by atoms with Gasteiger partial charge in [-0.25, -0.2) is 9.59 Å². The Kier molecular flexibility index (Phi) is 5.86. The Balaban J connectivity index is 1.33. The Bertz CT molecular complexity index is 1280. The van der Waals surface area contributed by atoms with Crippen LogP contribution < -0.4 is 10.1 Å². The van der Waals surface area contributed by atoms with Gasteiger partial charge >= 0.3 is 12.1 Å². The van der Waals surface area contributed by atoms with Crippen molar-refractivity contribution in [3.63, 3.8) is 0 Å². The summed E-state index contributed by atoms with van der Waals surface area (Å²) in [5.74, 6) is -1.23. The van der Waals surface area contributed by atoms with E-state index in [2.05, 4.69) is 17.4 Å². The maximum atomic E-state index is 13.1. The molecule has 35 heavy (non-hydrogen) atoms. The fraction of sp³-hybridized carbons (Fsp3) is 0.222. The maximum Gasteiger partial charge on any atom is 0.411 e. The van der Waals surface area contributed by atoms with Crippen LogP contribution in [0.15, 0.2) is 66.7 Å². The van der Waals surface area contributed by atoms with Crippen LogP contribution in [-0.4, -0.2) is 54.3 Å². The molecule has 2 amide bonds. The summed E-state index contributed by atoms with van der Waals surface area (Å²) < 4.78 is 10.8. The van der Waals surface area contributed by atoms with Gasteiger partial charge in [0.05, 0.1) is 18.4 Å². The maximum absolute atomic E-state index is 13.1. The van der Waals surface area contributed by atoms with Crippen LogP contribution in [0.25, 0.3) is 11.1 Å². The lowest BCUT2D eigenvalue weighted by molar-refractivity contribution is -0.146. The topological polar surface area (TPSA) is 105 Å². The number of carbonyl (C=O) groups excluding carboxylic acids is 2. The smallest absolute Gasteiger partial charge is 0.411 e. The number of hydrogen-bond donors (Lipinski definition) is 2. The zero-order valence-corrected chi connectivity index (χ0v) is 19.1. The first-order chi connectivity index (χ1) is 17.0. The number of carbonyl (C=O) groups is 3. The van der Waals surface area contributed by atoms with Gasteiger partial charge in [0.15, 0.2) is 0 Å². The number of nitrogens with zero attached hydrogens (tertiary/aromatic N) is 1. The standard InChI is InChI=1S/C27H24N2O6/c1-34-16-10-11-23(21(14-16)25(30)29-13-12-24(29)26(31)32)28-27(33)35-15-22-19-8-4-2-6-17(19)18-7-3-5-9-20(18)22/h2-11,14,22,24H,12-13,15H2,1H3,(H,28,33)(H,31,32). The Labute approximate surface area is 202 Å². The van der Waals surface area contributed by atoms with Gasteiger partial charge in [0.1, 0.15) is 18.4 Å². The van der Waals surface area contributed by atoms with Crippen molar-refractivity contribution in [1.82, 2.24) is 4.90 Å². The Morgan fingerprint density at radius 3 is 2.23 bits per heavy atom. The molecule has 1 heterocycles. The van der Waals surface area contributed by atoms with Crippen LogP contribution in [-0.2, 0) is 9.53 Å². The molecule has 0 bridgehead atoms. The van der Waals surface area contributed by atoms with Crippen LogP contribution in [0.1, 0.15) is 33.8 Å². The van der Waals surface area contributed by atoms with Crippen molar-refractivity contribution in [3.05, 3.63) is 83.4 Å².